The molecule has 0 saturated carbocycles. The molecule has 0 nitrogen and oxygen atoms in total. The zero-order valence-electron chi connectivity index (χ0n) is 11.0. The van der Waals surface area contributed by atoms with Crippen LogP contribution in [0.2, 0.25) is 0 Å². The molecule has 0 heterocycles. The Hall–Kier alpha value is -2.08. The molecule has 92 valence electrons. The van der Waals surface area contributed by atoms with E-state index in [2.05, 4.69) is 44.3 Å². The van der Waals surface area contributed by atoms with Gasteiger partial charge in [-0.15, -0.1) is 6.58 Å². The Balaban J connectivity index is 0.000000180. The van der Waals surface area contributed by atoms with Crippen LogP contribution in [0.25, 0.3) is 6.08 Å². The first-order valence-electron chi connectivity index (χ1n) is 6.10. The van der Waals surface area contributed by atoms with E-state index in [-0.39, 0.29) is 0 Å². The molecular formula is C18H20. The zero-order chi connectivity index (χ0) is 13.2. The van der Waals surface area contributed by atoms with E-state index in [9.17, 15) is 0 Å². The van der Waals surface area contributed by atoms with Crippen LogP contribution in [0.4, 0.5) is 0 Å². The lowest BCUT2D eigenvalue weighted by molar-refractivity contribution is 1.28. The average Bonchev–Trinajstić information content (AvgIpc) is 2.41. The highest BCUT2D eigenvalue weighted by atomic mass is 13.9. The van der Waals surface area contributed by atoms with E-state index >= 15 is 0 Å². The predicted molar refractivity (Wildman–Crippen MR) is 81.6 cm³/mol. The van der Waals surface area contributed by atoms with Crippen molar-refractivity contribution >= 4 is 6.08 Å². The summed E-state index contributed by atoms with van der Waals surface area (Å²) in [7, 11) is 0. The molecule has 0 aliphatic carbocycles. The summed E-state index contributed by atoms with van der Waals surface area (Å²) >= 11 is 0. The van der Waals surface area contributed by atoms with Gasteiger partial charge >= 0.3 is 0 Å². The summed E-state index contributed by atoms with van der Waals surface area (Å²) in [5.74, 6) is 0. The summed E-state index contributed by atoms with van der Waals surface area (Å²) in [5, 5.41) is 0. The fourth-order valence-corrected chi connectivity index (χ4v) is 1.58. The van der Waals surface area contributed by atoms with Gasteiger partial charge in [0.15, 0.2) is 0 Å². The molecule has 0 aliphatic heterocycles. The second-order valence-corrected chi connectivity index (χ2v) is 4.10. The molecule has 2 aromatic carbocycles. The predicted octanol–water partition coefficient (Wildman–Crippen LogP) is 5.05. The largest absolute Gasteiger partial charge is 0.103 e. The molecule has 0 N–H and O–H groups in total. The Labute approximate surface area is 110 Å². The van der Waals surface area contributed by atoms with Crippen LogP contribution in [-0.4, -0.2) is 0 Å². The summed E-state index contributed by atoms with van der Waals surface area (Å²) in [6, 6.07) is 18.6. The van der Waals surface area contributed by atoms with Crippen molar-refractivity contribution in [1.29, 1.82) is 0 Å². The van der Waals surface area contributed by atoms with Gasteiger partial charge in [0.2, 0.25) is 0 Å². The van der Waals surface area contributed by atoms with Gasteiger partial charge in [0, 0.05) is 0 Å². The Kier molecular flexibility index (Phi) is 6.27. The van der Waals surface area contributed by atoms with Crippen molar-refractivity contribution in [3.63, 3.8) is 0 Å². The molecular weight excluding hydrogens is 216 g/mol. The molecule has 2 aromatic rings. The third-order valence-corrected chi connectivity index (χ3v) is 2.50. The van der Waals surface area contributed by atoms with Crippen molar-refractivity contribution in [3.8, 4) is 0 Å². The second kappa shape index (κ2) is 8.08. The fraction of sp³-hybridized carbons (Fsp3) is 0.111. The van der Waals surface area contributed by atoms with Crippen LogP contribution in [0.5, 0.6) is 0 Å². The maximum atomic E-state index is 3.67. The van der Waals surface area contributed by atoms with Crippen LogP contribution < -0.4 is 0 Å². The average molecular weight is 236 g/mol. The first-order chi connectivity index (χ1) is 8.76. The molecule has 0 heteroatoms. The van der Waals surface area contributed by atoms with Gasteiger partial charge in [-0.1, -0.05) is 78.9 Å². The first kappa shape index (κ1) is 14.0. The highest BCUT2D eigenvalue weighted by Gasteiger charge is 1.83. The van der Waals surface area contributed by atoms with Crippen LogP contribution in [0.15, 0.2) is 73.8 Å². The minimum Gasteiger partial charge on any atom is -0.103 e. The second-order valence-electron chi connectivity index (χ2n) is 4.10. The van der Waals surface area contributed by atoms with Crippen molar-refractivity contribution < 1.29 is 0 Å². The molecule has 18 heavy (non-hydrogen) atoms. The van der Waals surface area contributed by atoms with E-state index in [0.717, 1.165) is 6.42 Å². The maximum absolute atomic E-state index is 3.67. The van der Waals surface area contributed by atoms with Gasteiger partial charge in [-0.25, -0.2) is 0 Å². The minimum atomic E-state index is 0.973. The van der Waals surface area contributed by atoms with E-state index in [4.69, 9.17) is 0 Å². The van der Waals surface area contributed by atoms with E-state index in [1.54, 1.807) is 0 Å². The molecule has 0 bridgehead atoms. The van der Waals surface area contributed by atoms with Gasteiger partial charge in [0.05, 0.1) is 0 Å². The third kappa shape index (κ3) is 5.31. The van der Waals surface area contributed by atoms with E-state index in [1.807, 2.05) is 42.5 Å². The Bertz CT molecular complexity index is 480. The monoisotopic (exact) mass is 236 g/mol. The standard InChI is InChI=1S/2C9H10/c1-3-9-6-4-5-8(2)7-9;1-2-6-9-7-4-3-5-8-9/h3-7H,1H2,2H3;2-5,7-8H,1,6H2. The van der Waals surface area contributed by atoms with Gasteiger partial charge in [0.25, 0.3) is 0 Å². The highest BCUT2D eigenvalue weighted by Crippen LogP contribution is 2.03. The molecule has 0 aromatic heterocycles. The van der Waals surface area contributed by atoms with Crippen molar-refractivity contribution in [2.45, 2.75) is 13.3 Å². The van der Waals surface area contributed by atoms with Crippen LogP contribution >= 0.6 is 0 Å². The van der Waals surface area contributed by atoms with E-state index < -0.39 is 0 Å². The lowest BCUT2D eigenvalue weighted by Gasteiger charge is -1.92. The lowest BCUT2D eigenvalue weighted by atomic mass is 10.1. The molecule has 0 spiro atoms. The molecule has 0 saturated heterocycles. The van der Waals surface area contributed by atoms with Crippen LogP contribution in [0, 0.1) is 6.92 Å². The lowest BCUT2D eigenvalue weighted by Crippen LogP contribution is -1.75. The smallest absolute Gasteiger partial charge is 0.0100 e. The normalized spacial score (nSPS) is 8.94. The van der Waals surface area contributed by atoms with E-state index in [0.29, 0.717) is 0 Å². The number of aryl methyl sites for hydroxylation is 1. The maximum Gasteiger partial charge on any atom is -0.0100 e. The molecule has 0 fully saturated rings. The summed E-state index contributed by atoms with van der Waals surface area (Å²) in [4.78, 5) is 0. The quantitative estimate of drug-likeness (QED) is 0.654. The summed E-state index contributed by atoms with van der Waals surface area (Å²) < 4.78 is 0. The summed E-state index contributed by atoms with van der Waals surface area (Å²) in [6.07, 6.45) is 4.74. The van der Waals surface area contributed by atoms with Gasteiger partial charge in [-0.3, -0.25) is 0 Å². The first-order valence-corrected chi connectivity index (χ1v) is 6.10. The molecule has 0 amide bonds. The highest BCUT2D eigenvalue weighted by molar-refractivity contribution is 5.47. The molecule has 0 radical (unpaired) electrons. The Morgan fingerprint density at radius 3 is 2.17 bits per heavy atom. The number of benzene rings is 2. The number of hydrogen-bond acceptors (Lipinski definition) is 0. The molecule has 0 unspecified atom stereocenters. The van der Waals surface area contributed by atoms with Crippen LogP contribution in [0.1, 0.15) is 16.7 Å². The minimum absolute atomic E-state index is 0.973. The zero-order valence-corrected chi connectivity index (χ0v) is 11.0. The Morgan fingerprint density at radius 2 is 1.67 bits per heavy atom. The number of hydrogen-bond donors (Lipinski definition) is 0. The van der Waals surface area contributed by atoms with Gasteiger partial charge in [-0.05, 0) is 24.5 Å². The molecule has 0 aliphatic rings. The van der Waals surface area contributed by atoms with E-state index in [1.165, 1.54) is 16.7 Å². The third-order valence-electron chi connectivity index (χ3n) is 2.50. The SMILES string of the molecule is C=CCc1ccccc1.C=Cc1cccc(C)c1. The Morgan fingerprint density at radius 1 is 0.944 bits per heavy atom. The molecule has 2 rings (SSSR count). The topological polar surface area (TPSA) is 0 Å². The van der Waals surface area contributed by atoms with Gasteiger partial charge < -0.3 is 0 Å². The summed E-state index contributed by atoms with van der Waals surface area (Å²) in [6.45, 7) is 9.40. The van der Waals surface area contributed by atoms with Crippen LogP contribution in [0.3, 0.4) is 0 Å². The van der Waals surface area contributed by atoms with Crippen molar-refractivity contribution in [2.75, 3.05) is 0 Å². The van der Waals surface area contributed by atoms with Crippen molar-refractivity contribution in [1.82, 2.24) is 0 Å². The summed E-state index contributed by atoms with van der Waals surface area (Å²) in [5.41, 5.74) is 3.80. The fourth-order valence-electron chi connectivity index (χ4n) is 1.58. The molecule has 0 atom stereocenters. The van der Waals surface area contributed by atoms with Crippen LogP contribution in [-0.2, 0) is 6.42 Å². The number of allylic oxidation sites excluding steroid dienone is 1. The number of rotatable bonds is 3. The van der Waals surface area contributed by atoms with Crippen molar-refractivity contribution in [3.05, 3.63) is 90.5 Å². The van der Waals surface area contributed by atoms with Crippen molar-refractivity contribution in [2.24, 2.45) is 0 Å². The van der Waals surface area contributed by atoms with Gasteiger partial charge in [-0.2, -0.15) is 0 Å². The van der Waals surface area contributed by atoms with Gasteiger partial charge in [0.1, 0.15) is 0 Å².